The van der Waals surface area contributed by atoms with Gasteiger partial charge in [0.25, 0.3) is 5.56 Å². The second-order valence-corrected chi connectivity index (χ2v) is 6.01. The molecule has 1 atom stereocenters. The molecule has 138 valence electrons. The zero-order chi connectivity index (χ0) is 19.1. The third kappa shape index (κ3) is 5.44. The molecule has 8 heteroatoms. The van der Waals surface area contributed by atoms with Crippen LogP contribution in [0.1, 0.15) is 25.8 Å². The molecular formula is C18H22N4O4. The SMILES string of the molecule is CC[C@H](C)C(=O)Nc1cccc(CNC(=O)Cn2ccc(=O)[nH]c2=O)c1. The number of aromatic amines is 1. The van der Waals surface area contributed by atoms with Gasteiger partial charge in [0.05, 0.1) is 0 Å². The second kappa shape index (κ2) is 8.80. The number of aromatic nitrogens is 2. The maximum Gasteiger partial charge on any atom is 0.328 e. The van der Waals surface area contributed by atoms with Crippen LogP contribution in [0, 0.1) is 5.92 Å². The van der Waals surface area contributed by atoms with Crippen molar-refractivity contribution in [1.82, 2.24) is 14.9 Å². The summed E-state index contributed by atoms with van der Waals surface area (Å²) >= 11 is 0. The standard InChI is InChI=1S/C18H22N4O4/c1-3-12(2)17(25)20-14-6-4-5-13(9-14)10-19-16(24)11-22-8-7-15(23)21-18(22)26/h4-9,12H,3,10-11H2,1-2H3,(H,19,24)(H,20,25)(H,21,23,26)/t12-/m0/s1. The summed E-state index contributed by atoms with van der Waals surface area (Å²) in [5.74, 6) is -0.492. The molecule has 2 aromatic rings. The van der Waals surface area contributed by atoms with Crippen molar-refractivity contribution < 1.29 is 9.59 Å². The number of benzene rings is 1. The molecule has 0 unspecified atom stereocenters. The predicted molar refractivity (Wildman–Crippen MR) is 97.7 cm³/mol. The average Bonchev–Trinajstić information content (AvgIpc) is 2.62. The second-order valence-electron chi connectivity index (χ2n) is 6.01. The van der Waals surface area contributed by atoms with Gasteiger partial charge < -0.3 is 10.6 Å². The van der Waals surface area contributed by atoms with E-state index in [0.29, 0.717) is 5.69 Å². The Hall–Kier alpha value is -3.16. The van der Waals surface area contributed by atoms with Crippen molar-refractivity contribution in [3.63, 3.8) is 0 Å². The Kier molecular flexibility index (Phi) is 6.48. The molecule has 2 amide bonds. The van der Waals surface area contributed by atoms with Crippen LogP contribution in [0.2, 0.25) is 0 Å². The molecule has 8 nitrogen and oxygen atoms in total. The van der Waals surface area contributed by atoms with E-state index in [1.165, 1.54) is 12.3 Å². The summed E-state index contributed by atoms with van der Waals surface area (Å²) in [6, 6.07) is 8.36. The number of amides is 2. The number of H-pyrrole nitrogens is 1. The first-order chi connectivity index (χ1) is 12.4. The van der Waals surface area contributed by atoms with Gasteiger partial charge in [0.1, 0.15) is 6.54 Å². The fraction of sp³-hybridized carbons (Fsp3) is 0.333. The molecule has 2 rings (SSSR count). The fourth-order valence-corrected chi connectivity index (χ4v) is 2.19. The van der Waals surface area contributed by atoms with Crippen LogP contribution in [-0.2, 0) is 22.7 Å². The Morgan fingerprint density at radius 3 is 2.69 bits per heavy atom. The zero-order valence-electron chi connectivity index (χ0n) is 14.7. The van der Waals surface area contributed by atoms with Crippen LogP contribution in [0.25, 0.3) is 0 Å². The summed E-state index contributed by atoms with van der Waals surface area (Å²) in [4.78, 5) is 48.6. The smallest absolute Gasteiger partial charge is 0.328 e. The van der Waals surface area contributed by atoms with Gasteiger partial charge in [-0.3, -0.25) is 23.9 Å². The van der Waals surface area contributed by atoms with E-state index >= 15 is 0 Å². The lowest BCUT2D eigenvalue weighted by atomic mass is 10.1. The molecule has 0 radical (unpaired) electrons. The molecule has 0 aliphatic rings. The van der Waals surface area contributed by atoms with E-state index in [4.69, 9.17) is 0 Å². The Balaban J connectivity index is 1.93. The van der Waals surface area contributed by atoms with Gasteiger partial charge in [-0.15, -0.1) is 0 Å². The summed E-state index contributed by atoms with van der Waals surface area (Å²) in [6.45, 7) is 3.87. The number of nitrogens with one attached hydrogen (secondary N) is 3. The first-order valence-electron chi connectivity index (χ1n) is 8.35. The number of nitrogens with zero attached hydrogens (tertiary/aromatic N) is 1. The minimum absolute atomic E-state index is 0.0499. The van der Waals surface area contributed by atoms with Gasteiger partial charge in [0, 0.05) is 30.4 Å². The normalized spacial score (nSPS) is 11.6. The van der Waals surface area contributed by atoms with E-state index in [1.807, 2.05) is 19.9 Å². The lowest BCUT2D eigenvalue weighted by Crippen LogP contribution is -2.35. The molecule has 0 bridgehead atoms. The first-order valence-corrected chi connectivity index (χ1v) is 8.35. The van der Waals surface area contributed by atoms with Gasteiger partial charge in [-0.2, -0.15) is 0 Å². The quantitative estimate of drug-likeness (QED) is 0.680. The number of anilines is 1. The number of carbonyl (C=O) groups is 2. The topological polar surface area (TPSA) is 113 Å². The van der Waals surface area contributed by atoms with Crippen LogP contribution < -0.4 is 21.9 Å². The van der Waals surface area contributed by atoms with E-state index in [1.54, 1.807) is 18.2 Å². The highest BCUT2D eigenvalue weighted by Gasteiger charge is 2.11. The predicted octanol–water partition coefficient (Wildman–Crippen LogP) is 0.838. The van der Waals surface area contributed by atoms with Gasteiger partial charge in [0.2, 0.25) is 11.8 Å². The zero-order valence-corrected chi connectivity index (χ0v) is 14.7. The summed E-state index contributed by atoms with van der Waals surface area (Å²) < 4.78 is 1.11. The van der Waals surface area contributed by atoms with Crippen molar-refractivity contribution in [2.75, 3.05) is 5.32 Å². The van der Waals surface area contributed by atoms with Crippen molar-refractivity contribution in [2.45, 2.75) is 33.4 Å². The molecule has 3 N–H and O–H groups in total. The third-order valence-corrected chi connectivity index (χ3v) is 3.95. The third-order valence-electron chi connectivity index (χ3n) is 3.95. The molecule has 0 fully saturated rings. The minimum atomic E-state index is -0.637. The van der Waals surface area contributed by atoms with E-state index in [9.17, 15) is 19.2 Å². The summed E-state index contributed by atoms with van der Waals surface area (Å²) in [5.41, 5.74) is 0.332. The number of hydrogen-bond acceptors (Lipinski definition) is 4. The monoisotopic (exact) mass is 358 g/mol. The first kappa shape index (κ1) is 19.2. The van der Waals surface area contributed by atoms with Gasteiger partial charge in [-0.05, 0) is 24.1 Å². The molecule has 0 spiro atoms. The van der Waals surface area contributed by atoms with Gasteiger partial charge in [0.15, 0.2) is 0 Å². The highest BCUT2D eigenvalue weighted by Crippen LogP contribution is 2.13. The Morgan fingerprint density at radius 2 is 2.00 bits per heavy atom. The van der Waals surface area contributed by atoms with Crippen LogP contribution >= 0.6 is 0 Å². The highest BCUT2D eigenvalue weighted by atomic mass is 16.2. The molecule has 0 saturated carbocycles. The highest BCUT2D eigenvalue weighted by molar-refractivity contribution is 5.92. The lowest BCUT2D eigenvalue weighted by Gasteiger charge is -2.11. The number of carbonyl (C=O) groups excluding carboxylic acids is 2. The number of rotatable bonds is 7. The summed E-state index contributed by atoms with van der Waals surface area (Å²) in [7, 11) is 0. The van der Waals surface area contributed by atoms with Gasteiger partial charge in [-0.25, -0.2) is 4.79 Å². The van der Waals surface area contributed by atoms with E-state index < -0.39 is 11.2 Å². The fourth-order valence-electron chi connectivity index (χ4n) is 2.19. The van der Waals surface area contributed by atoms with Gasteiger partial charge in [-0.1, -0.05) is 26.0 Å². The van der Waals surface area contributed by atoms with Crippen LogP contribution in [0.3, 0.4) is 0 Å². The van der Waals surface area contributed by atoms with Crippen molar-refractivity contribution in [2.24, 2.45) is 5.92 Å². The molecule has 26 heavy (non-hydrogen) atoms. The van der Waals surface area contributed by atoms with Crippen molar-refractivity contribution in [3.05, 3.63) is 62.9 Å². The summed E-state index contributed by atoms with van der Waals surface area (Å²) in [6.07, 6.45) is 2.03. The average molecular weight is 358 g/mol. The van der Waals surface area contributed by atoms with Gasteiger partial charge >= 0.3 is 5.69 Å². The molecule has 1 aromatic carbocycles. The van der Waals surface area contributed by atoms with Crippen LogP contribution in [-0.4, -0.2) is 21.4 Å². The summed E-state index contributed by atoms with van der Waals surface area (Å²) in [5, 5.41) is 5.54. The molecule has 1 aromatic heterocycles. The lowest BCUT2D eigenvalue weighted by molar-refractivity contribution is -0.122. The minimum Gasteiger partial charge on any atom is -0.350 e. The molecule has 0 aliphatic heterocycles. The van der Waals surface area contributed by atoms with Crippen LogP contribution in [0.4, 0.5) is 5.69 Å². The van der Waals surface area contributed by atoms with Crippen molar-refractivity contribution in [1.29, 1.82) is 0 Å². The molecular weight excluding hydrogens is 336 g/mol. The van der Waals surface area contributed by atoms with Crippen molar-refractivity contribution in [3.8, 4) is 0 Å². The molecule has 1 heterocycles. The van der Waals surface area contributed by atoms with Crippen molar-refractivity contribution >= 4 is 17.5 Å². The molecule has 0 aliphatic carbocycles. The maximum absolute atomic E-state index is 12.0. The van der Waals surface area contributed by atoms with E-state index in [-0.39, 0.29) is 30.8 Å². The Bertz CT molecular complexity index is 900. The largest absolute Gasteiger partial charge is 0.350 e. The Labute approximate surface area is 150 Å². The van der Waals surface area contributed by atoms with E-state index in [2.05, 4.69) is 15.6 Å². The van der Waals surface area contributed by atoms with Crippen LogP contribution in [0.5, 0.6) is 0 Å². The van der Waals surface area contributed by atoms with E-state index in [0.717, 1.165) is 16.6 Å². The Morgan fingerprint density at radius 1 is 1.23 bits per heavy atom. The maximum atomic E-state index is 12.0. The van der Waals surface area contributed by atoms with Crippen LogP contribution in [0.15, 0.2) is 46.1 Å². The molecule has 0 saturated heterocycles. The number of hydrogen-bond donors (Lipinski definition) is 3.